The van der Waals surface area contributed by atoms with Gasteiger partial charge in [-0.25, -0.2) is 4.39 Å². The van der Waals surface area contributed by atoms with Gasteiger partial charge in [0.2, 0.25) is 0 Å². The number of anilines is 1. The Morgan fingerprint density at radius 1 is 1.56 bits per heavy atom. The first-order valence-electron chi connectivity index (χ1n) is 5.23. The fourth-order valence-corrected chi connectivity index (χ4v) is 1.84. The maximum atomic E-state index is 13.0. The molecule has 1 atom stereocenters. The van der Waals surface area contributed by atoms with Crippen molar-refractivity contribution in [1.29, 1.82) is 0 Å². The lowest BCUT2D eigenvalue weighted by Crippen LogP contribution is -2.24. The lowest BCUT2D eigenvalue weighted by atomic mass is 10.1. The third-order valence-electron chi connectivity index (χ3n) is 2.67. The van der Waals surface area contributed by atoms with E-state index in [9.17, 15) is 9.18 Å². The number of amides is 1. The number of carbonyl (C=O) groups excluding carboxylic acids is 1. The Morgan fingerprint density at radius 3 is 3.00 bits per heavy atom. The Kier molecular flexibility index (Phi) is 3.05. The smallest absolute Gasteiger partial charge is 0.250 e. The number of primary amides is 1. The van der Waals surface area contributed by atoms with Crippen molar-refractivity contribution in [1.82, 2.24) is 5.32 Å². The number of rotatable bonds is 3. The number of halogens is 1. The molecule has 1 saturated heterocycles. The van der Waals surface area contributed by atoms with E-state index in [1.165, 1.54) is 6.07 Å². The predicted octanol–water partition coefficient (Wildman–Crippen LogP) is 0.698. The van der Waals surface area contributed by atoms with Crippen molar-refractivity contribution in [2.24, 2.45) is 5.73 Å². The van der Waals surface area contributed by atoms with Crippen molar-refractivity contribution in [2.45, 2.75) is 12.5 Å². The number of nitrogens with two attached hydrogens (primary N) is 1. The van der Waals surface area contributed by atoms with Gasteiger partial charge in [0.25, 0.3) is 5.91 Å². The summed E-state index contributed by atoms with van der Waals surface area (Å²) in [6.07, 6.45) is 0.982. The van der Waals surface area contributed by atoms with E-state index in [0.29, 0.717) is 5.69 Å². The average molecular weight is 223 g/mol. The van der Waals surface area contributed by atoms with Crippen molar-refractivity contribution in [2.75, 3.05) is 18.4 Å². The molecule has 2 rings (SSSR count). The SMILES string of the molecule is NC(=O)c1cc(F)ccc1NC1CCNC1. The van der Waals surface area contributed by atoms with Gasteiger partial charge in [-0.2, -0.15) is 0 Å². The Hall–Kier alpha value is -1.62. The predicted molar refractivity (Wildman–Crippen MR) is 59.8 cm³/mol. The van der Waals surface area contributed by atoms with Crippen molar-refractivity contribution in [3.63, 3.8) is 0 Å². The van der Waals surface area contributed by atoms with E-state index < -0.39 is 11.7 Å². The summed E-state index contributed by atoms with van der Waals surface area (Å²) in [7, 11) is 0. The first-order valence-corrected chi connectivity index (χ1v) is 5.23. The van der Waals surface area contributed by atoms with Crippen LogP contribution < -0.4 is 16.4 Å². The lowest BCUT2D eigenvalue weighted by molar-refractivity contribution is 0.100. The number of carbonyl (C=O) groups is 1. The fourth-order valence-electron chi connectivity index (χ4n) is 1.84. The fraction of sp³-hybridized carbons (Fsp3) is 0.364. The first kappa shape index (κ1) is 10.9. The molecule has 0 bridgehead atoms. The Balaban J connectivity index is 2.21. The maximum Gasteiger partial charge on any atom is 0.250 e. The van der Waals surface area contributed by atoms with Gasteiger partial charge in [-0.05, 0) is 31.2 Å². The highest BCUT2D eigenvalue weighted by Crippen LogP contribution is 2.18. The Morgan fingerprint density at radius 2 is 2.38 bits per heavy atom. The van der Waals surface area contributed by atoms with Crippen LogP contribution in [0.2, 0.25) is 0 Å². The molecule has 1 aliphatic heterocycles. The molecule has 16 heavy (non-hydrogen) atoms. The van der Waals surface area contributed by atoms with Crippen LogP contribution in [0.1, 0.15) is 16.8 Å². The van der Waals surface area contributed by atoms with Gasteiger partial charge in [-0.15, -0.1) is 0 Å². The first-order chi connectivity index (χ1) is 7.66. The minimum atomic E-state index is -0.618. The van der Waals surface area contributed by atoms with Gasteiger partial charge in [-0.3, -0.25) is 4.79 Å². The standard InChI is InChI=1S/C11H14FN3O/c12-7-1-2-10(9(5-7)11(13)16)15-8-3-4-14-6-8/h1-2,5,8,14-15H,3-4,6H2,(H2,13,16). The van der Waals surface area contributed by atoms with Crippen LogP contribution in [-0.2, 0) is 0 Å². The monoisotopic (exact) mass is 223 g/mol. The van der Waals surface area contributed by atoms with Gasteiger partial charge in [0.1, 0.15) is 5.82 Å². The van der Waals surface area contributed by atoms with Gasteiger partial charge in [0.15, 0.2) is 0 Å². The van der Waals surface area contributed by atoms with Gasteiger partial charge in [-0.1, -0.05) is 0 Å². The van der Waals surface area contributed by atoms with Crippen molar-refractivity contribution in [3.05, 3.63) is 29.6 Å². The second kappa shape index (κ2) is 4.49. The molecule has 1 fully saturated rings. The second-order valence-corrected chi connectivity index (χ2v) is 3.89. The second-order valence-electron chi connectivity index (χ2n) is 3.89. The summed E-state index contributed by atoms with van der Waals surface area (Å²) in [5, 5.41) is 6.39. The molecule has 0 spiro atoms. The topological polar surface area (TPSA) is 67.2 Å². The van der Waals surface area contributed by atoms with Crippen molar-refractivity contribution >= 4 is 11.6 Å². The third-order valence-corrected chi connectivity index (χ3v) is 2.67. The summed E-state index contributed by atoms with van der Waals surface area (Å²) in [5.74, 6) is -1.07. The van der Waals surface area contributed by atoms with E-state index in [-0.39, 0.29) is 11.6 Å². The highest BCUT2D eigenvalue weighted by atomic mass is 19.1. The quantitative estimate of drug-likeness (QED) is 0.706. The minimum absolute atomic E-state index is 0.201. The molecule has 0 aromatic heterocycles. The summed E-state index contributed by atoms with van der Waals surface area (Å²) >= 11 is 0. The molecule has 5 heteroatoms. The molecule has 1 aliphatic rings. The van der Waals surface area contributed by atoms with Crippen LogP contribution in [0, 0.1) is 5.82 Å². The molecule has 1 unspecified atom stereocenters. The summed E-state index contributed by atoms with van der Waals surface area (Å²) in [5.41, 5.74) is 6.00. The van der Waals surface area contributed by atoms with Gasteiger partial charge in [0, 0.05) is 18.3 Å². The number of hydrogen-bond donors (Lipinski definition) is 3. The van der Waals surface area contributed by atoms with Gasteiger partial charge >= 0.3 is 0 Å². The van der Waals surface area contributed by atoms with Crippen LogP contribution in [0.5, 0.6) is 0 Å². The van der Waals surface area contributed by atoms with E-state index in [2.05, 4.69) is 10.6 Å². The molecule has 0 aliphatic carbocycles. The summed E-state index contributed by atoms with van der Waals surface area (Å²) in [6, 6.07) is 4.29. The van der Waals surface area contributed by atoms with E-state index in [0.717, 1.165) is 25.6 Å². The summed E-state index contributed by atoms with van der Waals surface area (Å²) in [4.78, 5) is 11.1. The number of benzene rings is 1. The summed E-state index contributed by atoms with van der Waals surface area (Å²) < 4.78 is 13.0. The van der Waals surface area contributed by atoms with Crippen LogP contribution in [0.15, 0.2) is 18.2 Å². The van der Waals surface area contributed by atoms with Crippen LogP contribution in [-0.4, -0.2) is 25.0 Å². The zero-order valence-corrected chi connectivity index (χ0v) is 8.79. The molecule has 1 aromatic carbocycles. The van der Waals surface area contributed by atoms with E-state index >= 15 is 0 Å². The largest absolute Gasteiger partial charge is 0.380 e. The van der Waals surface area contributed by atoms with Crippen LogP contribution in [0.3, 0.4) is 0 Å². The molecule has 4 N–H and O–H groups in total. The molecular formula is C11H14FN3O. The molecule has 4 nitrogen and oxygen atoms in total. The maximum absolute atomic E-state index is 13.0. The van der Waals surface area contributed by atoms with Crippen LogP contribution in [0.4, 0.5) is 10.1 Å². The third kappa shape index (κ3) is 2.30. The Labute approximate surface area is 93.0 Å². The number of nitrogens with one attached hydrogen (secondary N) is 2. The highest BCUT2D eigenvalue weighted by molar-refractivity contribution is 5.98. The minimum Gasteiger partial charge on any atom is -0.380 e. The highest BCUT2D eigenvalue weighted by Gasteiger charge is 2.17. The molecule has 0 radical (unpaired) electrons. The molecule has 1 aromatic rings. The number of hydrogen-bond acceptors (Lipinski definition) is 3. The van der Waals surface area contributed by atoms with Gasteiger partial charge in [0.05, 0.1) is 5.56 Å². The van der Waals surface area contributed by atoms with Crippen LogP contribution >= 0.6 is 0 Å². The lowest BCUT2D eigenvalue weighted by Gasteiger charge is -2.15. The van der Waals surface area contributed by atoms with Crippen molar-refractivity contribution < 1.29 is 9.18 Å². The zero-order valence-electron chi connectivity index (χ0n) is 8.79. The van der Waals surface area contributed by atoms with E-state index in [4.69, 9.17) is 5.73 Å². The summed E-state index contributed by atoms with van der Waals surface area (Å²) in [6.45, 7) is 1.79. The normalized spacial score (nSPS) is 19.7. The van der Waals surface area contributed by atoms with Crippen molar-refractivity contribution in [3.8, 4) is 0 Å². The van der Waals surface area contributed by atoms with E-state index in [1.807, 2.05) is 0 Å². The molecular weight excluding hydrogens is 209 g/mol. The average Bonchev–Trinajstić information content (AvgIpc) is 2.73. The molecule has 86 valence electrons. The molecule has 0 saturated carbocycles. The van der Waals surface area contributed by atoms with Crippen LogP contribution in [0.25, 0.3) is 0 Å². The zero-order chi connectivity index (χ0) is 11.5. The molecule has 1 heterocycles. The molecule has 1 amide bonds. The van der Waals surface area contributed by atoms with Gasteiger partial charge < -0.3 is 16.4 Å². The Bertz CT molecular complexity index is 402. The van der Waals surface area contributed by atoms with E-state index in [1.54, 1.807) is 6.07 Å².